The van der Waals surface area contributed by atoms with Crippen LogP contribution in [0.3, 0.4) is 0 Å². The molecule has 0 saturated heterocycles. The minimum Gasteiger partial charge on any atom is -0.350 e. The minimum atomic E-state index is -0.494. The van der Waals surface area contributed by atoms with Gasteiger partial charge in [0.2, 0.25) is 5.91 Å². The molecule has 0 radical (unpaired) electrons. The van der Waals surface area contributed by atoms with Crippen LogP contribution < -0.4 is 16.6 Å². The highest BCUT2D eigenvalue weighted by Crippen LogP contribution is 2.09. The van der Waals surface area contributed by atoms with Gasteiger partial charge in [-0.15, -0.1) is 0 Å². The number of fused-ring (bicyclic) bond motifs is 1. The first kappa shape index (κ1) is 20.5. The molecule has 1 heterocycles. The van der Waals surface area contributed by atoms with Gasteiger partial charge in [0.05, 0.1) is 10.9 Å². The number of halogens is 1. The Bertz CT molecular complexity index is 1130. The first-order valence-corrected chi connectivity index (χ1v) is 9.60. The van der Waals surface area contributed by atoms with Crippen molar-refractivity contribution in [1.82, 2.24) is 14.5 Å². The number of para-hydroxylation sites is 1. The van der Waals surface area contributed by atoms with Crippen molar-refractivity contribution in [1.29, 1.82) is 0 Å². The number of hydrogen-bond acceptors (Lipinski definition) is 3. The van der Waals surface area contributed by atoms with Gasteiger partial charge in [-0.25, -0.2) is 9.18 Å². The third-order valence-electron chi connectivity index (χ3n) is 4.77. The second-order valence-corrected chi connectivity index (χ2v) is 7.43. The normalized spacial score (nSPS) is 11.2. The maximum atomic E-state index is 13.0. The Balaban J connectivity index is 1.89. The predicted octanol–water partition coefficient (Wildman–Crippen LogP) is 2.66. The van der Waals surface area contributed by atoms with E-state index in [0.29, 0.717) is 29.8 Å². The van der Waals surface area contributed by atoms with E-state index in [0.717, 1.165) is 5.56 Å². The van der Waals surface area contributed by atoms with Gasteiger partial charge in [-0.1, -0.05) is 38.1 Å². The maximum Gasteiger partial charge on any atom is 0.331 e. The highest BCUT2D eigenvalue weighted by molar-refractivity contribution is 5.81. The Labute approximate surface area is 167 Å². The first-order valence-electron chi connectivity index (χ1n) is 9.60. The van der Waals surface area contributed by atoms with Crippen molar-refractivity contribution in [3.63, 3.8) is 0 Å². The summed E-state index contributed by atoms with van der Waals surface area (Å²) in [6.07, 6.45) is 0.685. The van der Waals surface area contributed by atoms with Crippen molar-refractivity contribution >= 4 is 16.8 Å². The summed E-state index contributed by atoms with van der Waals surface area (Å²) in [7, 11) is 0. The van der Waals surface area contributed by atoms with E-state index >= 15 is 0 Å². The lowest BCUT2D eigenvalue weighted by Gasteiger charge is -2.15. The second kappa shape index (κ2) is 8.86. The van der Waals surface area contributed by atoms with Crippen LogP contribution in [-0.2, 0) is 24.4 Å². The molecule has 3 rings (SSSR count). The summed E-state index contributed by atoms with van der Waals surface area (Å²) >= 11 is 0. The van der Waals surface area contributed by atoms with Crippen LogP contribution in [-0.4, -0.2) is 15.0 Å². The van der Waals surface area contributed by atoms with E-state index in [-0.39, 0.29) is 30.4 Å². The fourth-order valence-electron chi connectivity index (χ4n) is 3.11. The van der Waals surface area contributed by atoms with E-state index in [2.05, 4.69) is 5.32 Å². The number of hydrogen-bond donors (Lipinski definition) is 1. The molecule has 0 spiro atoms. The zero-order valence-electron chi connectivity index (χ0n) is 16.5. The SMILES string of the molecule is CC(C)CCn1c(=O)c2ccccc2n(CC(=O)NCc2ccc(F)cc2)c1=O. The van der Waals surface area contributed by atoms with Gasteiger partial charge in [-0.2, -0.15) is 0 Å². The average molecular weight is 397 g/mol. The first-order chi connectivity index (χ1) is 13.9. The predicted molar refractivity (Wildman–Crippen MR) is 110 cm³/mol. The molecular weight excluding hydrogens is 373 g/mol. The molecule has 0 unspecified atom stereocenters. The average Bonchev–Trinajstić information content (AvgIpc) is 2.70. The van der Waals surface area contributed by atoms with Gasteiger partial charge in [0, 0.05) is 13.1 Å². The zero-order valence-corrected chi connectivity index (χ0v) is 16.5. The summed E-state index contributed by atoms with van der Waals surface area (Å²) in [6.45, 7) is 4.36. The number of nitrogens with zero attached hydrogens (tertiary/aromatic N) is 2. The van der Waals surface area contributed by atoms with E-state index < -0.39 is 5.69 Å². The van der Waals surface area contributed by atoms with Crippen LogP contribution in [0.25, 0.3) is 10.9 Å². The van der Waals surface area contributed by atoms with Crippen molar-refractivity contribution in [3.05, 3.63) is 80.7 Å². The summed E-state index contributed by atoms with van der Waals surface area (Å²) in [5, 5.41) is 3.14. The quantitative estimate of drug-likeness (QED) is 0.666. The highest BCUT2D eigenvalue weighted by Gasteiger charge is 2.15. The lowest BCUT2D eigenvalue weighted by atomic mass is 10.1. The van der Waals surface area contributed by atoms with Crippen molar-refractivity contribution < 1.29 is 9.18 Å². The molecule has 0 atom stereocenters. The van der Waals surface area contributed by atoms with Gasteiger partial charge in [0.1, 0.15) is 12.4 Å². The fraction of sp³-hybridized carbons (Fsp3) is 0.318. The Hall–Kier alpha value is -3.22. The van der Waals surface area contributed by atoms with Crippen molar-refractivity contribution in [3.8, 4) is 0 Å². The molecule has 0 aliphatic carbocycles. The summed E-state index contributed by atoms with van der Waals surface area (Å²) in [6, 6.07) is 12.6. The summed E-state index contributed by atoms with van der Waals surface area (Å²) in [5.74, 6) is -0.377. The van der Waals surface area contributed by atoms with Crippen molar-refractivity contribution in [2.24, 2.45) is 5.92 Å². The van der Waals surface area contributed by atoms with E-state index in [9.17, 15) is 18.8 Å². The Morgan fingerprint density at radius 2 is 1.72 bits per heavy atom. The smallest absolute Gasteiger partial charge is 0.331 e. The molecule has 2 aromatic carbocycles. The Morgan fingerprint density at radius 3 is 2.41 bits per heavy atom. The molecule has 0 saturated carbocycles. The van der Waals surface area contributed by atoms with Crippen LogP contribution in [0.15, 0.2) is 58.1 Å². The van der Waals surface area contributed by atoms with Crippen LogP contribution in [0.2, 0.25) is 0 Å². The Morgan fingerprint density at radius 1 is 1.03 bits per heavy atom. The number of aromatic nitrogens is 2. The zero-order chi connectivity index (χ0) is 21.0. The largest absolute Gasteiger partial charge is 0.350 e. The number of nitrogens with one attached hydrogen (secondary N) is 1. The third kappa shape index (κ3) is 4.80. The standard InChI is InChI=1S/C22H24FN3O3/c1-15(2)11-12-25-21(28)18-5-3-4-6-19(18)26(22(25)29)14-20(27)24-13-16-7-9-17(23)10-8-16/h3-10,15H,11-14H2,1-2H3,(H,24,27). The molecule has 0 bridgehead atoms. The molecule has 152 valence electrons. The monoisotopic (exact) mass is 397 g/mol. The number of rotatable bonds is 7. The number of benzene rings is 2. The third-order valence-corrected chi connectivity index (χ3v) is 4.77. The van der Waals surface area contributed by atoms with Crippen molar-refractivity contribution in [2.75, 3.05) is 0 Å². The summed E-state index contributed by atoms with van der Waals surface area (Å²) in [4.78, 5) is 38.2. The van der Waals surface area contributed by atoms with Gasteiger partial charge in [-0.3, -0.25) is 18.7 Å². The van der Waals surface area contributed by atoms with E-state index in [4.69, 9.17) is 0 Å². The number of amides is 1. The second-order valence-electron chi connectivity index (χ2n) is 7.43. The minimum absolute atomic E-state index is 0.206. The molecule has 3 aromatic rings. The molecule has 1 N–H and O–H groups in total. The van der Waals surface area contributed by atoms with Gasteiger partial charge in [0.25, 0.3) is 5.56 Å². The Kier molecular flexibility index (Phi) is 6.26. The van der Waals surface area contributed by atoms with Crippen LogP contribution in [0.5, 0.6) is 0 Å². The van der Waals surface area contributed by atoms with Crippen LogP contribution in [0.4, 0.5) is 4.39 Å². The molecule has 29 heavy (non-hydrogen) atoms. The van der Waals surface area contributed by atoms with E-state index in [1.165, 1.54) is 21.3 Å². The van der Waals surface area contributed by atoms with Crippen molar-refractivity contribution in [2.45, 2.75) is 39.9 Å². The molecule has 7 heteroatoms. The van der Waals surface area contributed by atoms with Gasteiger partial charge in [0.15, 0.2) is 0 Å². The molecule has 0 aliphatic rings. The molecular formula is C22H24FN3O3. The van der Waals surface area contributed by atoms with Gasteiger partial charge in [-0.05, 0) is 42.2 Å². The fourth-order valence-corrected chi connectivity index (χ4v) is 3.11. The maximum absolute atomic E-state index is 13.0. The number of carbonyl (C=O) groups is 1. The molecule has 1 aromatic heterocycles. The van der Waals surface area contributed by atoms with E-state index in [1.54, 1.807) is 36.4 Å². The van der Waals surface area contributed by atoms with E-state index in [1.807, 2.05) is 13.8 Å². The van der Waals surface area contributed by atoms with Crippen LogP contribution in [0, 0.1) is 11.7 Å². The van der Waals surface area contributed by atoms with Gasteiger partial charge >= 0.3 is 5.69 Å². The number of carbonyl (C=O) groups excluding carboxylic acids is 1. The molecule has 0 aliphatic heterocycles. The lowest BCUT2D eigenvalue weighted by molar-refractivity contribution is -0.121. The van der Waals surface area contributed by atoms with Crippen LogP contribution in [0.1, 0.15) is 25.8 Å². The molecule has 6 nitrogen and oxygen atoms in total. The highest BCUT2D eigenvalue weighted by atomic mass is 19.1. The summed E-state index contributed by atoms with van der Waals surface area (Å²) in [5.41, 5.74) is 0.347. The summed E-state index contributed by atoms with van der Waals surface area (Å²) < 4.78 is 15.5. The molecule has 0 fully saturated rings. The molecule has 1 amide bonds. The lowest BCUT2D eigenvalue weighted by Crippen LogP contribution is -2.42. The van der Waals surface area contributed by atoms with Gasteiger partial charge < -0.3 is 5.32 Å². The van der Waals surface area contributed by atoms with Crippen LogP contribution >= 0.6 is 0 Å². The topological polar surface area (TPSA) is 73.1 Å².